The number of carbonyl (C=O) groups excluding carboxylic acids is 2. The van der Waals surface area contributed by atoms with E-state index in [-0.39, 0.29) is 47.7 Å². The Balaban J connectivity index is 1.39. The maximum Gasteiger partial charge on any atom is 0.291 e. The zero-order valence-electron chi connectivity index (χ0n) is 22.3. The smallest absolute Gasteiger partial charge is 0.291 e. The zero-order valence-corrected chi connectivity index (χ0v) is 23.1. The molecule has 8 nitrogen and oxygen atoms in total. The molecule has 3 aliphatic heterocycles. The minimum atomic E-state index is -1.89. The van der Waals surface area contributed by atoms with Crippen molar-refractivity contribution in [3.05, 3.63) is 134 Å². The molecule has 0 bridgehead atoms. The van der Waals surface area contributed by atoms with E-state index in [4.69, 9.17) is 25.5 Å². The van der Waals surface area contributed by atoms with Crippen molar-refractivity contribution in [2.45, 2.75) is 18.6 Å². The van der Waals surface area contributed by atoms with Crippen LogP contribution in [0.1, 0.15) is 32.8 Å². The molecule has 0 radical (unpaired) electrons. The molecule has 43 heavy (non-hydrogen) atoms. The molecule has 8 rings (SSSR count). The first-order valence-corrected chi connectivity index (χ1v) is 13.9. The number of amides is 2. The van der Waals surface area contributed by atoms with Crippen LogP contribution in [0.15, 0.2) is 94.1 Å². The lowest BCUT2D eigenvalue weighted by Gasteiger charge is -2.34. The second kappa shape index (κ2) is 9.17. The monoisotopic (exact) mass is 594 g/mol. The molecular formula is C33H20ClFN2O6. The zero-order chi connectivity index (χ0) is 29.5. The van der Waals surface area contributed by atoms with Crippen LogP contribution < -0.4 is 19.8 Å². The molecular weight excluding hydrogens is 575 g/mol. The number of anilines is 1. The number of hydrogen-bond donors (Lipinski definition) is 0. The van der Waals surface area contributed by atoms with Crippen molar-refractivity contribution in [2.75, 3.05) is 11.7 Å². The van der Waals surface area contributed by atoms with E-state index in [0.29, 0.717) is 33.3 Å². The first kappa shape index (κ1) is 25.6. The van der Waals surface area contributed by atoms with Crippen molar-refractivity contribution in [3.8, 4) is 11.5 Å². The molecule has 0 aliphatic carbocycles. The van der Waals surface area contributed by atoms with Gasteiger partial charge in [0.2, 0.25) is 12.6 Å². The van der Waals surface area contributed by atoms with Crippen molar-refractivity contribution in [3.63, 3.8) is 0 Å². The van der Waals surface area contributed by atoms with Crippen LogP contribution in [0.2, 0.25) is 5.02 Å². The predicted molar refractivity (Wildman–Crippen MR) is 155 cm³/mol. The van der Waals surface area contributed by atoms with E-state index < -0.39 is 28.6 Å². The van der Waals surface area contributed by atoms with Crippen molar-refractivity contribution < 1.29 is 27.9 Å². The third kappa shape index (κ3) is 3.51. The van der Waals surface area contributed by atoms with Gasteiger partial charge >= 0.3 is 0 Å². The molecule has 2 amide bonds. The first-order valence-electron chi connectivity index (χ1n) is 13.5. The van der Waals surface area contributed by atoms with Crippen LogP contribution in [0.4, 0.5) is 10.1 Å². The second-order valence-corrected chi connectivity index (χ2v) is 11.0. The Morgan fingerprint density at radius 1 is 0.860 bits per heavy atom. The van der Waals surface area contributed by atoms with Gasteiger partial charge in [0.05, 0.1) is 23.2 Å². The van der Waals surface area contributed by atoms with E-state index in [1.807, 2.05) is 0 Å². The molecule has 4 heterocycles. The van der Waals surface area contributed by atoms with Gasteiger partial charge in [-0.3, -0.25) is 14.4 Å². The molecule has 10 heteroatoms. The number of halogens is 2. The number of fused-ring (bicyclic) bond motifs is 6. The van der Waals surface area contributed by atoms with Crippen LogP contribution in [0.3, 0.4) is 0 Å². The van der Waals surface area contributed by atoms with Crippen molar-refractivity contribution in [1.29, 1.82) is 0 Å². The molecule has 0 saturated carbocycles. The highest BCUT2D eigenvalue weighted by atomic mass is 35.5. The number of hydrogen-bond acceptors (Lipinski definition) is 6. The highest BCUT2D eigenvalue weighted by Crippen LogP contribution is 2.53. The van der Waals surface area contributed by atoms with Crippen LogP contribution in [0.5, 0.6) is 11.5 Å². The van der Waals surface area contributed by atoms with E-state index in [0.717, 1.165) is 0 Å². The topological polar surface area (TPSA) is 89.3 Å². The molecule has 212 valence electrons. The molecule has 0 N–H and O–H groups in total. The van der Waals surface area contributed by atoms with E-state index in [1.54, 1.807) is 66.7 Å². The summed E-state index contributed by atoms with van der Waals surface area (Å²) in [4.78, 5) is 46.4. The Kier molecular flexibility index (Phi) is 5.45. The van der Waals surface area contributed by atoms with Gasteiger partial charge in [0.1, 0.15) is 11.4 Å². The van der Waals surface area contributed by atoms with Gasteiger partial charge < -0.3 is 23.7 Å². The van der Waals surface area contributed by atoms with Crippen molar-refractivity contribution in [1.82, 2.24) is 4.90 Å². The minimum absolute atomic E-state index is 0.0656. The van der Waals surface area contributed by atoms with Gasteiger partial charge in [0.25, 0.3) is 11.8 Å². The third-order valence-electron chi connectivity index (χ3n) is 8.26. The lowest BCUT2D eigenvalue weighted by atomic mass is 9.83. The summed E-state index contributed by atoms with van der Waals surface area (Å²) in [7, 11) is 0. The molecule has 4 aromatic carbocycles. The average Bonchev–Trinajstić information content (AvgIpc) is 3.65. The molecule has 0 fully saturated rings. The summed E-state index contributed by atoms with van der Waals surface area (Å²) in [5, 5.41) is 0.441. The number of rotatable bonds is 4. The van der Waals surface area contributed by atoms with Gasteiger partial charge in [0, 0.05) is 22.7 Å². The van der Waals surface area contributed by atoms with Crippen LogP contribution in [-0.2, 0) is 23.4 Å². The maximum absolute atomic E-state index is 14.9. The lowest BCUT2D eigenvalue weighted by molar-refractivity contribution is -0.126. The van der Waals surface area contributed by atoms with Gasteiger partial charge in [-0.2, -0.15) is 0 Å². The third-order valence-corrected chi connectivity index (χ3v) is 8.50. The standard InChI is InChI=1S/C33H20ClFN2O6/c34-20-10-12-25-21(14-20)29(38)28-30(43-25)31(39)37(15-18-9-11-26-27(13-18)42-17-41-26)33(28)22-6-2-4-8-24(22)36(32(33)40)16-19-5-1-3-7-23(19)35/h1-14H,15-17H2. The van der Waals surface area contributed by atoms with Crippen LogP contribution in [0, 0.1) is 5.82 Å². The summed E-state index contributed by atoms with van der Waals surface area (Å²) in [5.41, 5.74) is -0.562. The van der Waals surface area contributed by atoms with E-state index in [9.17, 15) is 18.8 Å². The van der Waals surface area contributed by atoms with E-state index in [1.165, 1.54) is 28.0 Å². The molecule has 1 aromatic heterocycles. The summed E-state index contributed by atoms with van der Waals surface area (Å²) in [6.45, 7) is -0.110. The van der Waals surface area contributed by atoms with Crippen LogP contribution in [-0.4, -0.2) is 23.5 Å². The van der Waals surface area contributed by atoms with Gasteiger partial charge in [0.15, 0.2) is 22.5 Å². The predicted octanol–water partition coefficient (Wildman–Crippen LogP) is 5.76. The molecule has 1 unspecified atom stereocenters. The summed E-state index contributed by atoms with van der Waals surface area (Å²) >= 11 is 6.25. The highest BCUT2D eigenvalue weighted by molar-refractivity contribution is 6.31. The molecule has 1 atom stereocenters. The molecule has 3 aliphatic rings. The van der Waals surface area contributed by atoms with Gasteiger partial charge in [-0.25, -0.2) is 4.39 Å². The quantitative estimate of drug-likeness (QED) is 0.263. The fourth-order valence-electron chi connectivity index (χ4n) is 6.36. The van der Waals surface area contributed by atoms with Gasteiger partial charge in [-0.1, -0.05) is 54.1 Å². The summed E-state index contributed by atoms with van der Waals surface area (Å²) in [6.07, 6.45) is 0. The Labute approximate surface area is 248 Å². The summed E-state index contributed by atoms with van der Waals surface area (Å²) < 4.78 is 31.9. The van der Waals surface area contributed by atoms with Crippen LogP contribution >= 0.6 is 11.6 Å². The fourth-order valence-corrected chi connectivity index (χ4v) is 6.53. The summed E-state index contributed by atoms with van der Waals surface area (Å²) in [5.74, 6) is -0.834. The van der Waals surface area contributed by atoms with E-state index >= 15 is 0 Å². The lowest BCUT2D eigenvalue weighted by Crippen LogP contribution is -2.53. The summed E-state index contributed by atoms with van der Waals surface area (Å²) in [6, 6.07) is 22.9. The van der Waals surface area contributed by atoms with E-state index in [2.05, 4.69) is 0 Å². The first-order chi connectivity index (χ1) is 20.9. The number of benzene rings is 4. The second-order valence-electron chi connectivity index (χ2n) is 10.6. The molecule has 0 saturated heterocycles. The largest absolute Gasteiger partial charge is 0.454 e. The van der Waals surface area contributed by atoms with Gasteiger partial charge in [-0.05, 0) is 48.0 Å². The fraction of sp³-hybridized carbons (Fsp3) is 0.121. The van der Waals surface area contributed by atoms with Crippen LogP contribution in [0.25, 0.3) is 11.0 Å². The van der Waals surface area contributed by atoms with Gasteiger partial charge in [-0.15, -0.1) is 0 Å². The Morgan fingerprint density at radius 3 is 2.51 bits per heavy atom. The number of nitrogens with zero attached hydrogens (tertiary/aromatic N) is 2. The highest BCUT2D eigenvalue weighted by Gasteiger charge is 2.65. The Hall–Kier alpha value is -5.15. The number of ether oxygens (including phenoxy) is 2. The number of carbonyl (C=O) groups is 2. The molecule has 1 spiro atoms. The van der Waals surface area contributed by atoms with Crippen molar-refractivity contribution in [2.24, 2.45) is 0 Å². The average molecular weight is 595 g/mol. The molecule has 5 aromatic rings. The Bertz CT molecular complexity index is 2090. The Morgan fingerprint density at radius 2 is 1.65 bits per heavy atom. The minimum Gasteiger partial charge on any atom is -0.454 e. The maximum atomic E-state index is 14.9. The normalized spacial score (nSPS) is 18.2. The van der Waals surface area contributed by atoms with Crippen molar-refractivity contribution >= 4 is 40.1 Å². The number of para-hydroxylation sites is 1. The SMILES string of the molecule is O=C1c2oc3ccc(Cl)cc3c(=O)c2C2(C(=O)N(Cc3ccccc3F)c3ccccc32)N1Cc1ccc2c(c1)OCO2.